The van der Waals surface area contributed by atoms with Gasteiger partial charge in [0.15, 0.2) is 12.7 Å². The van der Waals surface area contributed by atoms with Crippen molar-refractivity contribution in [2.75, 3.05) is 6.61 Å². The molecule has 0 aliphatic carbocycles. The average Bonchev–Trinajstić information content (AvgIpc) is 2.63. The summed E-state index contributed by atoms with van der Waals surface area (Å²) < 4.78 is 11.8. The zero-order valence-electron chi connectivity index (χ0n) is 14.9. The number of hydrogen-bond donors (Lipinski definition) is 2. The molecule has 2 aromatic rings. The van der Waals surface area contributed by atoms with Crippen molar-refractivity contribution in [3.63, 3.8) is 0 Å². The monoisotopic (exact) mass is 454 g/mol. The molecule has 2 N–H and O–H groups in total. The highest BCUT2D eigenvalue weighted by molar-refractivity contribution is 9.10. The molecule has 27 heavy (non-hydrogen) atoms. The van der Waals surface area contributed by atoms with Gasteiger partial charge >= 0.3 is 0 Å². The normalized spacial score (nSPS) is 11.4. The SMILES string of the molecule is CCC(Oc1cccc(C)c1)C(=O)NNC(=O)COc1ccc(Br)cc1Cl. The minimum absolute atomic E-state index is 0.294. The van der Waals surface area contributed by atoms with Crippen LogP contribution in [0.3, 0.4) is 0 Å². The molecule has 0 saturated carbocycles. The lowest BCUT2D eigenvalue weighted by Crippen LogP contribution is -2.49. The Morgan fingerprint density at radius 1 is 1.19 bits per heavy atom. The second kappa shape index (κ2) is 10.2. The number of carbonyl (C=O) groups excluding carboxylic acids is 2. The molecule has 2 rings (SSSR count). The second-order valence-electron chi connectivity index (χ2n) is 5.73. The third-order valence-electron chi connectivity index (χ3n) is 3.51. The molecule has 2 aromatic carbocycles. The molecule has 0 aromatic heterocycles. The number of hydrogen-bond acceptors (Lipinski definition) is 4. The summed E-state index contributed by atoms with van der Waals surface area (Å²) in [6, 6.07) is 12.4. The lowest BCUT2D eigenvalue weighted by Gasteiger charge is -2.18. The summed E-state index contributed by atoms with van der Waals surface area (Å²) in [6.07, 6.45) is -0.283. The van der Waals surface area contributed by atoms with Gasteiger partial charge in [0.05, 0.1) is 5.02 Å². The number of amides is 2. The van der Waals surface area contributed by atoms with Crippen LogP contribution in [0.1, 0.15) is 18.9 Å². The van der Waals surface area contributed by atoms with Crippen LogP contribution in [0.15, 0.2) is 46.9 Å². The van der Waals surface area contributed by atoms with E-state index < -0.39 is 17.9 Å². The minimum Gasteiger partial charge on any atom is -0.482 e. The van der Waals surface area contributed by atoms with E-state index in [9.17, 15) is 9.59 Å². The third-order valence-corrected chi connectivity index (χ3v) is 4.30. The molecule has 144 valence electrons. The van der Waals surface area contributed by atoms with Crippen LogP contribution in [-0.4, -0.2) is 24.5 Å². The Balaban J connectivity index is 1.81. The summed E-state index contributed by atoms with van der Waals surface area (Å²) in [5.74, 6) is -0.00567. The maximum absolute atomic E-state index is 12.2. The molecule has 6 nitrogen and oxygen atoms in total. The van der Waals surface area contributed by atoms with Crippen LogP contribution in [-0.2, 0) is 9.59 Å². The van der Waals surface area contributed by atoms with Crippen LogP contribution in [0.5, 0.6) is 11.5 Å². The van der Waals surface area contributed by atoms with Gasteiger partial charge in [-0.05, 0) is 49.2 Å². The van der Waals surface area contributed by atoms with E-state index in [0.717, 1.165) is 10.0 Å². The number of benzene rings is 2. The molecule has 0 saturated heterocycles. The fourth-order valence-electron chi connectivity index (χ4n) is 2.16. The molecule has 1 unspecified atom stereocenters. The summed E-state index contributed by atoms with van der Waals surface area (Å²) in [4.78, 5) is 24.1. The topological polar surface area (TPSA) is 76.7 Å². The van der Waals surface area contributed by atoms with Crippen molar-refractivity contribution in [3.8, 4) is 11.5 Å². The zero-order chi connectivity index (χ0) is 19.8. The van der Waals surface area contributed by atoms with Gasteiger partial charge in [0.1, 0.15) is 11.5 Å². The first-order valence-corrected chi connectivity index (χ1v) is 9.46. The number of aryl methyl sites for hydroxylation is 1. The van der Waals surface area contributed by atoms with Crippen molar-refractivity contribution in [2.24, 2.45) is 0 Å². The molecule has 0 heterocycles. The van der Waals surface area contributed by atoms with E-state index in [0.29, 0.717) is 22.9 Å². The molecule has 0 radical (unpaired) electrons. The van der Waals surface area contributed by atoms with Crippen molar-refractivity contribution in [1.29, 1.82) is 0 Å². The summed E-state index contributed by atoms with van der Waals surface area (Å²) in [7, 11) is 0. The van der Waals surface area contributed by atoms with E-state index in [2.05, 4.69) is 26.8 Å². The number of halogens is 2. The second-order valence-corrected chi connectivity index (χ2v) is 7.05. The lowest BCUT2D eigenvalue weighted by atomic mass is 10.2. The van der Waals surface area contributed by atoms with E-state index >= 15 is 0 Å². The average molecular weight is 456 g/mol. The number of carbonyl (C=O) groups is 2. The fraction of sp³-hybridized carbons (Fsp3) is 0.263. The molecule has 0 aliphatic heterocycles. The molecule has 0 fully saturated rings. The number of hydrazine groups is 1. The molecular weight excluding hydrogens is 436 g/mol. The number of ether oxygens (including phenoxy) is 2. The Labute approximate surface area is 171 Å². The Morgan fingerprint density at radius 3 is 2.63 bits per heavy atom. The van der Waals surface area contributed by atoms with Gasteiger partial charge in [-0.15, -0.1) is 0 Å². The van der Waals surface area contributed by atoms with E-state index in [4.69, 9.17) is 21.1 Å². The molecule has 2 amide bonds. The van der Waals surface area contributed by atoms with Gasteiger partial charge in [0.2, 0.25) is 0 Å². The van der Waals surface area contributed by atoms with E-state index in [1.54, 1.807) is 24.3 Å². The molecule has 0 aliphatic rings. The Bertz CT molecular complexity index is 816. The predicted octanol–water partition coefficient (Wildman–Crippen LogP) is 3.79. The lowest BCUT2D eigenvalue weighted by molar-refractivity contribution is -0.134. The van der Waals surface area contributed by atoms with Crippen LogP contribution in [0, 0.1) is 6.92 Å². The van der Waals surface area contributed by atoms with Crippen LogP contribution >= 0.6 is 27.5 Å². The van der Waals surface area contributed by atoms with Crippen LogP contribution < -0.4 is 20.3 Å². The van der Waals surface area contributed by atoms with E-state index in [-0.39, 0.29) is 6.61 Å². The van der Waals surface area contributed by atoms with Crippen molar-refractivity contribution in [2.45, 2.75) is 26.4 Å². The molecule has 1 atom stereocenters. The maximum atomic E-state index is 12.2. The largest absolute Gasteiger partial charge is 0.482 e. The number of rotatable bonds is 7. The summed E-state index contributed by atoms with van der Waals surface area (Å²) >= 11 is 9.30. The molecular formula is C19H20BrClN2O4. The minimum atomic E-state index is -0.728. The summed E-state index contributed by atoms with van der Waals surface area (Å²) in [5, 5.41) is 0.374. The van der Waals surface area contributed by atoms with Crippen LogP contribution in [0.4, 0.5) is 0 Å². The quantitative estimate of drug-likeness (QED) is 0.623. The van der Waals surface area contributed by atoms with Gasteiger partial charge in [-0.2, -0.15) is 0 Å². The van der Waals surface area contributed by atoms with Gasteiger partial charge in [-0.25, -0.2) is 0 Å². The highest BCUT2D eigenvalue weighted by atomic mass is 79.9. The molecule has 0 spiro atoms. The van der Waals surface area contributed by atoms with Gasteiger partial charge < -0.3 is 9.47 Å². The first-order chi connectivity index (χ1) is 12.9. The van der Waals surface area contributed by atoms with E-state index in [1.807, 2.05) is 32.0 Å². The maximum Gasteiger partial charge on any atom is 0.279 e. The fourth-order valence-corrected chi connectivity index (χ4v) is 2.89. The number of nitrogens with one attached hydrogen (secondary N) is 2. The Morgan fingerprint density at radius 2 is 1.96 bits per heavy atom. The van der Waals surface area contributed by atoms with Crippen molar-refractivity contribution in [1.82, 2.24) is 10.9 Å². The van der Waals surface area contributed by atoms with Gasteiger partial charge in [0, 0.05) is 4.47 Å². The summed E-state index contributed by atoms with van der Waals surface area (Å²) in [6.45, 7) is 3.46. The first-order valence-electron chi connectivity index (χ1n) is 8.29. The standard InChI is InChI=1S/C19H20BrClN2O4/c1-3-16(27-14-6-4-5-12(2)9-14)19(25)23-22-18(24)11-26-17-8-7-13(20)10-15(17)21/h4-10,16H,3,11H2,1-2H3,(H,22,24)(H,23,25). The molecule has 8 heteroatoms. The Hall–Kier alpha value is -2.25. The van der Waals surface area contributed by atoms with Gasteiger partial charge in [-0.1, -0.05) is 46.6 Å². The van der Waals surface area contributed by atoms with E-state index in [1.165, 1.54) is 0 Å². The Kier molecular flexibility index (Phi) is 7.94. The van der Waals surface area contributed by atoms with Gasteiger partial charge in [-0.3, -0.25) is 20.4 Å². The van der Waals surface area contributed by atoms with Crippen molar-refractivity contribution < 1.29 is 19.1 Å². The third kappa shape index (κ3) is 6.77. The summed E-state index contributed by atoms with van der Waals surface area (Å²) in [5.41, 5.74) is 5.67. The van der Waals surface area contributed by atoms with Crippen LogP contribution in [0.25, 0.3) is 0 Å². The van der Waals surface area contributed by atoms with Crippen molar-refractivity contribution in [3.05, 3.63) is 57.5 Å². The van der Waals surface area contributed by atoms with Crippen LogP contribution in [0.2, 0.25) is 5.02 Å². The highest BCUT2D eigenvalue weighted by Gasteiger charge is 2.19. The smallest absolute Gasteiger partial charge is 0.279 e. The first kappa shape index (κ1) is 21.1. The highest BCUT2D eigenvalue weighted by Crippen LogP contribution is 2.27. The molecule has 0 bridgehead atoms. The van der Waals surface area contributed by atoms with Gasteiger partial charge in [0.25, 0.3) is 11.8 Å². The predicted molar refractivity (Wildman–Crippen MR) is 107 cm³/mol. The zero-order valence-corrected chi connectivity index (χ0v) is 17.3. The van der Waals surface area contributed by atoms with Crippen molar-refractivity contribution >= 4 is 39.3 Å².